The molecule has 1 saturated heterocycles. The van der Waals surface area contributed by atoms with Gasteiger partial charge in [0.2, 0.25) is 11.8 Å². The molecule has 1 aliphatic heterocycles. The fourth-order valence-electron chi connectivity index (χ4n) is 5.35. The van der Waals surface area contributed by atoms with Crippen molar-refractivity contribution in [1.82, 2.24) is 10.6 Å². The van der Waals surface area contributed by atoms with Crippen molar-refractivity contribution in [3.05, 3.63) is 0 Å². The highest BCUT2D eigenvalue weighted by Crippen LogP contribution is 2.50. The van der Waals surface area contributed by atoms with Gasteiger partial charge in [-0.3, -0.25) is 9.59 Å². The van der Waals surface area contributed by atoms with E-state index in [1.165, 1.54) is 0 Å². The molecule has 7 heteroatoms. The lowest BCUT2D eigenvalue weighted by atomic mass is 9.55. The summed E-state index contributed by atoms with van der Waals surface area (Å²) in [5.74, 6) is -1.23. The molecule has 158 valence electrons. The zero-order valence-electron chi connectivity index (χ0n) is 17.2. The molecular weight excluding hydrogens is 356 g/mol. The molecule has 1 saturated carbocycles. The SMILES string of the molecule is CC(C)CC(C#N)NC(=O)C1CCCCC1(C(N)=O)C(CO)C1CCNCC1. The van der Waals surface area contributed by atoms with Crippen LogP contribution in [-0.2, 0) is 9.59 Å². The van der Waals surface area contributed by atoms with Crippen molar-refractivity contribution in [2.75, 3.05) is 19.7 Å². The molecule has 0 aromatic carbocycles. The fourth-order valence-corrected chi connectivity index (χ4v) is 5.35. The average Bonchev–Trinajstić information content (AvgIpc) is 2.68. The van der Waals surface area contributed by atoms with Crippen LogP contribution in [0.1, 0.15) is 58.8 Å². The van der Waals surface area contributed by atoms with E-state index in [-0.39, 0.29) is 30.3 Å². The van der Waals surface area contributed by atoms with Crippen LogP contribution in [0.2, 0.25) is 0 Å². The summed E-state index contributed by atoms with van der Waals surface area (Å²) in [5, 5.41) is 25.9. The first-order valence-corrected chi connectivity index (χ1v) is 10.7. The third kappa shape index (κ3) is 4.84. The predicted octanol–water partition coefficient (Wildman–Crippen LogP) is 1.31. The molecule has 1 heterocycles. The summed E-state index contributed by atoms with van der Waals surface area (Å²) in [7, 11) is 0. The number of nitrogens with zero attached hydrogens (tertiary/aromatic N) is 1. The van der Waals surface area contributed by atoms with Crippen LogP contribution in [0, 0.1) is 40.4 Å². The van der Waals surface area contributed by atoms with Gasteiger partial charge in [0, 0.05) is 12.5 Å². The van der Waals surface area contributed by atoms with E-state index in [1.54, 1.807) is 0 Å². The standard InChI is InChI=1S/C21H36N4O3/c1-14(2)11-16(12-22)25-19(27)17-5-3-4-8-21(17,20(23)28)18(13-26)15-6-9-24-10-7-15/h14-18,24,26H,3-11,13H2,1-2H3,(H2,23,28)(H,25,27). The van der Waals surface area contributed by atoms with E-state index in [1.807, 2.05) is 13.8 Å². The molecule has 0 radical (unpaired) electrons. The van der Waals surface area contributed by atoms with Crippen molar-refractivity contribution in [3.8, 4) is 6.07 Å². The Hall–Kier alpha value is -1.65. The summed E-state index contributed by atoms with van der Waals surface area (Å²) in [6.45, 7) is 5.55. The number of nitrogens with two attached hydrogens (primary N) is 1. The Labute approximate surface area is 168 Å². The number of primary amides is 1. The lowest BCUT2D eigenvalue weighted by Gasteiger charge is -2.49. The van der Waals surface area contributed by atoms with Gasteiger partial charge in [0.25, 0.3) is 0 Å². The van der Waals surface area contributed by atoms with Crippen LogP contribution in [0.3, 0.4) is 0 Å². The molecule has 5 N–H and O–H groups in total. The second-order valence-corrected chi connectivity index (χ2v) is 8.90. The second kappa shape index (κ2) is 10.2. The van der Waals surface area contributed by atoms with Gasteiger partial charge in [-0.25, -0.2) is 0 Å². The minimum absolute atomic E-state index is 0.148. The molecular formula is C21H36N4O3. The molecule has 7 nitrogen and oxygen atoms in total. The maximum atomic E-state index is 13.2. The summed E-state index contributed by atoms with van der Waals surface area (Å²) >= 11 is 0. The minimum Gasteiger partial charge on any atom is -0.396 e. The van der Waals surface area contributed by atoms with Crippen LogP contribution in [0.5, 0.6) is 0 Å². The molecule has 2 rings (SSSR count). The first kappa shape index (κ1) is 22.6. The monoisotopic (exact) mass is 392 g/mol. The first-order chi connectivity index (χ1) is 13.4. The van der Waals surface area contributed by atoms with Gasteiger partial charge < -0.3 is 21.5 Å². The van der Waals surface area contributed by atoms with Crippen molar-refractivity contribution in [2.45, 2.75) is 64.8 Å². The van der Waals surface area contributed by atoms with Gasteiger partial charge in [0.15, 0.2) is 0 Å². The summed E-state index contributed by atoms with van der Waals surface area (Å²) in [6.07, 6.45) is 5.05. The molecule has 1 aliphatic carbocycles. The molecule has 0 bridgehead atoms. The Bertz CT molecular complexity index is 583. The summed E-state index contributed by atoms with van der Waals surface area (Å²) in [5.41, 5.74) is 4.90. The predicted molar refractivity (Wildman–Crippen MR) is 107 cm³/mol. The Balaban J connectivity index is 2.32. The molecule has 4 atom stereocenters. The molecule has 2 amide bonds. The van der Waals surface area contributed by atoms with Crippen molar-refractivity contribution < 1.29 is 14.7 Å². The molecule has 2 aliphatic rings. The van der Waals surface area contributed by atoms with Gasteiger partial charge in [0.05, 0.1) is 17.4 Å². The quantitative estimate of drug-likeness (QED) is 0.495. The van der Waals surface area contributed by atoms with E-state index in [2.05, 4.69) is 16.7 Å². The highest BCUT2D eigenvalue weighted by atomic mass is 16.3. The number of nitrogens with one attached hydrogen (secondary N) is 2. The highest BCUT2D eigenvalue weighted by Gasteiger charge is 2.55. The van der Waals surface area contributed by atoms with Gasteiger partial charge in [0.1, 0.15) is 6.04 Å². The number of carbonyl (C=O) groups is 2. The minimum atomic E-state index is -1.04. The van der Waals surface area contributed by atoms with Crippen LogP contribution < -0.4 is 16.4 Å². The van der Waals surface area contributed by atoms with Crippen LogP contribution in [0.25, 0.3) is 0 Å². The molecule has 0 aromatic rings. The van der Waals surface area contributed by atoms with Crippen molar-refractivity contribution in [2.24, 2.45) is 34.8 Å². The third-order valence-corrected chi connectivity index (χ3v) is 6.72. The van der Waals surface area contributed by atoms with Crippen LogP contribution in [-0.4, -0.2) is 42.7 Å². The first-order valence-electron chi connectivity index (χ1n) is 10.7. The number of hydrogen-bond donors (Lipinski definition) is 4. The molecule has 0 spiro atoms. The lowest BCUT2D eigenvalue weighted by Crippen LogP contribution is -2.58. The van der Waals surface area contributed by atoms with E-state index in [4.69, 9.17) is 5.73 Å². The fraction of sp³-hybridized carbons (Fsp3) is 0.857. The number of amides is 2. The summed E-state index contributed by atoms with van der Waals surface area (Å²) in [6, 6.07) is 1.58. The Morgan fingerprint density at radius 3 is 2.50 bits per heavy atom. The van der Waals surface area contributed by atoms with Gasteiger partial charge in [-0.1, -0.05) is 26.7 Å². The maximum absolute atomic E-state index is 13.2. The molecule has 2 fully saturated rings. The van der Waals surface area contributed by atoms with Crippen molar-refractivity contribution >= 4 is 11.8 Å². The highest BCUT2D eigenvalue weighted by molar-refractivity contribution is 5.90. The topological polar surface area (TPSA) is 128 Å². The molecule has 4 unspecified atom stereocenters. The summed E-state index contributed by atoms with van der Waals surface area (Å²) in [4.78, 5) is 26.0. The Kier molecular flexibility index (Phi) is 8.26. The largest absolute Gasteiger partial charge is 0.396 e. The third-order valence-electron chi connectivity index (χ3n) is 6.72. The number of nitriles is 1. The van der Waals surface area contributed by atoms with Crippen LogP contribution in [0.4, 0.5) is 0 Å². The van der Waals surface area contributed by atoms with E-state index in [9.17, 15) is 20.0 Å². The second-order valence-electron chi connectivity index (χ2n) is 8.90. The van der Waals surface area contributed by atoms with Gasteiger partial charge >= 0.3 is 0 Å². The maximum Gasteiger partial charge on any atom is 0.225 e. The van der Waals surface area contributed by atoms with Gasteiger partial charge in [-0.15, -0.1) is 0 Å². The number of carbonyl (C=O) groups excluding carboxylic acids is 2. The van der Waals surface area contributed by atoms with E-state index >= 15 is 0 Å². The number of piperidine rings is 1. The average molecular weight is 393 g/mol. The number of aliphatic hydroxyl groups is 1. The van der Waals surface area contributed by atoms with Crippen LogP contribution >= 0.6 is 0 Å². The normalized spacial score (nSPS) is 28.3. The number of aliphatic hydroxyl groups excluding tert-OH is 1. The lowest BCUT2D eigenvalue weighted by molar-refractivity contribution is -0.153. The van der Waals surface area contributed by atoms with Gasteiger partial charge in [-0.05, 0) is 57.0 Å². The van der Waals surface area contributed by atoms with E-state index < -0.39 is 23.3 Å². The zero-order chi connectivity index (χ0) is 20.7. The van der Waals surface area contributed by atoms with E-state index in [0.29, 0.717) is 19.3 Å². The number of hydrogen-bond acceptors (Lipinski definition) is 5. The number of rotatable bonds is 8. The molecule has 28 heavy (non-hydrogen) atoms. The van der Waals surface area contributed by atoms with Crippen molar-refractivity contribution in [1.29, 1.82) is 5.26 Å². The Morgan fingerprint density at radius 1 is 1.29 bits per heavy atom. The molecule has 0 aromatic heterocycles. The Morgan fingerprint density at radius 2 is 1.96 bits per heavy atom. The van der Waals surface area contributed by atoms with Crippen LogP contribution in [0.15, 0.2) is 0 Å². The van der Waals surface area contributed by atoms with Crippen molar-refractivity contribution in [3.63, 3.8) is 0 Å². The smallest absolute Gasteiger partial charge is 0.225 e. The summed E-state index contributed by atoms with van der Waals surface area (Å²) < 4.78 is 0. The van der Waals surface area contributed by atoms with E-state index in [0.717, 1.165) is 38.8 Å². The zero-order valence-corrected chi connectivity index (χ0v) is 17.2. The van der Waals surface area contributed by atoms with Gasteiger partial charge in [-0.2, -0.15) is 5.26 Å².